The summed E-state index contributed by atoms with van der Waals surface area (Å²) in [5.74, 6) is 0. The van der Waals surface area contributed by atoms with Crippen molar-refractivity contribution < 1.29 is 0 Å². The molecule has 8 aromatic rings. The van der Waals surface area contributed by atoms with Gasteiger partial charge in [0.05, 0.1) is 22.6 Å². The van der Waals surface area contributed by atoms with E-state index in [1.807, 2.05) is 11.8 Å². The predicted octanol–water partition coefficient (Wildman–Crippen LogP) is 11.3. The molecule has 0 fully saturated rings. The molecule has 2 nitrogen and oxygen atoms in total. The normalized spacial score (nSPS) is 12.6. The highest BCUT2D eigenvalue weighted by atomic mass is 32.2. The summed E-state index contributed by atoms with van der Waals surface area (Å²) in [6, 6.07) is 50.4. The highest BCUT2D eigenvalue weighted by Crippen LogP contribution is 2.55. The van der Waals surface area contributed by atoms with Gasteiger partial charge in [-0.15, -0.1) is 0 Å². The Kier molecular flexibility index (Phi) is 5.16. The zero-order chi connectivity index (χ0) is 27.6. The first-order valence-corrected chi connectivity index (χ1v) is 15.0. The van der Waals surface area contributed by atoms with Crippen LogP contribution >= 0.6 is 11.8 Å². The first-order valence-electron chi connectivity index (χ1n) is 14.2. The van der Waals surface area contributed by atoms with Crippen molar-refractivity contribution in [2.45, 2.75) is 9.79 Å². The minimum absolute atomic E-state index is 1.00. The number of hydrogen-bond donors (Lipinski definition) is 0. The van der Waals surface area contributed by atoms with E-state index in [2.05, 4.69) is 151 Å². The largest absolute Gasteiger partial charge is 0.307 e. The minimum atomic E-state index is 1.00. The fourth-order valence-corrected chi connectivity index (χ4v) is 7.67. The molecule has 0 saturated heterocycles. The van der Waals surface area contributed by atoms with Crippen LogP contribution in [0.5, 0.6) is 0 Å². The number of benzene rings is 7. The second-order valence-corrected chi connectivity index (χ2v) is 11.9. The molecule has 1 aliphatic rings. The Morgan fingerprint density at radius 2 is 1.12 bits per heavy atom. The van der Waals surface area contributed by atoms with Gasteiger partial charge in [0.25, 0.3) is 0 Å². The number of hydrogen-bond acceptors (Lipinski definition) is 3. The molecule has 196 valence electrons. The van der Waals surface area contributed by atoms with Gasteiger partial charge in [0.2, 0.25) is 0 Å². The molecule has 0 unspecified atom stereocenters. The maximum atomic E-state index is 5.04. The summed E-state index contributed by atoms with van der Waals surface area (Å²) in [6.45, 7) is 0. The third kappa shape index (κ3) is 3.44. The average Bonchev–Trinajstić information content (AvgIpc) is 3.06. The van der Waals surface area contributed by atoms with Gasteiger partial charge in [0.1, 0.15) is 0 Å². The predicted molar refractivity (Wildman–Crippen MR) is 179 cm³/mol. The van der Waals surface area contributed by atoms with E-state index in [0.717, 1.165) is 16.3 Å². The molecule has 0 saturated carbocycles. The molecular weight excluding hydrogens is 529 g/mol. The number of rotatable bonds is 2. The number of pyridine rings is 1. The van der Waals surface area contributed by atoms with E-state index in [4.69, 9.17) is 4.98 Å². The van der Waals surface area contributed by atoms with Crippen molar-refractivity contribution in [3.63, 3.8) is 0 Å². The number of para-hydroxylation sites is 3. The molecule has 1 aliphatic heterocycles. The van der Waals surface area contributed by atoms with Crippen LogP contribution in [0.3, 0.4) is 0 Å². The van der Waals surface area contributed by atoms with Crippen molar-refractivity contribution in [3.8, 4) is 11.1 Å². The zero-order valence-electron chi connectivity index (χ0n) is 22.7. The second-order valence-electron chi connectivity index (χ2n) is 10.8. The molecule has 1 aromatic heterocycles. The molecule has 7 aromatic carbocycles. The number of aromatic nitrogens is 1. The monoisotopic (exact) mass is 552 g/mol. The first-order chi connectivity index (χ1) is 20.8. The summed E-state index contributed by atoms with van der Waals surface area (Å²) in [5.41, 5.74) is 7.03. The van der Waals surface area contributed by atoms with Gasteiger partial charge in [-0.3, -0.25) is 4.98 Å². The van der Waals surface area contributed by atoms with Crippen molar-refractivity contribution >= 4 is 72.0 Å². The van der Waals surface area contributed by atoms with Gasteiger partial charge in [0.15, 0.2) is 0 Å². The summed E-state index contributed by atoms with van der Waals surface area (Å²) < 4.78 is 0. The van der Waals surface area contributed by atoms with Gasteiger partial charge < -0.3 is 4.90 Å². The maximum absolute atomic E-state index is 5.04. The summed E-state index contributed by atoms with van der Waals surface area (Å²) in [4.78, 5) is 10.0. The number of nitrogens with zero attached hydrogens (tertiary/aromatic N) is 2. The molecule has 0 N–H and O–H groups in total. The quantitative estimate of drug-likeness (QED) is 0.157. The molecule has 0 bridgehead atoms. The van der Waals surface area contributed by atoms with E-state index in [0.29, 0.717) is 0 Å². The molecule has 42 heavy (non-hydrogen) atoms. The van der Waals surface area contributed by atoms with Crippen molar-refractivity contribution in [1.29, 1.82) is 0 Å². The van der Waals surface area contributed by atoms with Crippen LogP contribution in [0.25, 0.3) is 54.3 Å². The maximum Gasteiger partial charge on any atom is 0.0708 e. The standard InChI is InChI=1S/C39H24N2S/c1-2-12-26-23-27(22-21-25(26)11-1)37-28-13-3-4-14-29(28)39(31-24-40-32-16-6-5-15-30(32)38(31)37)41-33-17-7-9-19-35(33)42-36-20-10-8-18-34(36)41/h1-24H. The topological polar surface area (TPSA) is 16.1 Å². The Hall–Kier alpha value is -5.12. The van der Waals surface area contributed by atoms with Crippen molar-refractivity contribution in [2.24, 2.45) is 0 Å². The lowest BCUT2D eigenvalue weighted by Crippen LogP contribution is -2.16. The van der Waals surface area contributed by atoms with Gasteiger partial charge in [-0.2, -0.15) is 0 Å². The van der Waals surface area contributed by atoms with Crippen LogP contribution in [0.1, 0.15) is 0 Å². The molecule has 0 radical (unpaired) electrons. The summed E-state index contributed by atoms with van der Waals surface area (Å²) in [5, 5.41) is 8.48. The lowest BCUT2D eigenvalue weighted by atomic mass is 9.88. The SMILES string of the molecule is c1ccc2c(c1)Sc1ccccc1N2c1c2ccccc2c(-c2ccc3ccccc3c2)c2c1cnc1ccccc12. The Morgan fingerprint density at radius 3 is 1.90 bits per heavy atom. The van der Waals surface area contributed by atoms with Crippen LogP contribution in [0.4, 0.5) is 17.1 Å². The second kappa shape index (κ2) is 9.20. The smallest absolute Gasteiger partial charge is 0.0708 e. The Balaban J connectivity index is 1.49. The number of anilines is 3. The molecule has 0 spiro atoms. The Bertz CT molecular complexity index is 2310. The van der Waals surface area contributed by atoms with E-state index in [-0.39, 0.29) is 0 Å². The van der Waals surface area contributed by atoms with Crippen LogP contribution in [-0.4, -0.2) is 4.98 Å². The lowest BCUT2D eigenvalue weighted by molar-refractivity contribution is 1.18. The van der Waals surface area contributed by atoms with E-state index in [9.17, 15) is 0 Å². The van der Waals surface area contributed by atoms with Crippen molar-refractivity contribution in [3.05, 3.63) is 146 Å². The lowest BCUT2D eigenvalue weighted by Gasteiger charge is -2.35. The summed E-state index contributed by atoms with van der Waals surface area (Å²) in [6.07, 6.45) is 2.09. The Morgan fingerprint density at radius 1 is 0.500 bits per heavy atom. The van der Waals surface area contributed by atoms with Crippen LogP contribution in [0.15, 0.2) is 156 Å². The molecule has 0 aliphatic carbocycles. The van der Waals surface area contributed by atoms with Crippen molar-refractivity contribution in [2.75, 3.05) is 4.90 Å². The van der Waals surface area contributed by atoms with Crippen LogP contribution in [0, 0.1) is 0 Å². The van der Waals surface area contributed by atoms with Crippen LogP contribution in [0.2, 0.25) is 0 Å². The van der Waals surface area contributed by atoms with Crippen LogP contribution < -0.4 is 4.90 Å². The molecule has 2 heterocycles. The van der Waals surface area contributed by atoms with E-state index in [1.165, 1.54) is 64.9 Å². The molecular formula is C39H24N2S. The van der Waals surface area contributed by atoms with Gasteiger partial charge in [-0.25, -0.2) is 0 Å². The van der Waals surface area contributed by atoms with Crippen LogP contribution in [-0.2, 0) is 0 Å². The highest BCUT2D eigenvalue weighted by molar-refractivity contribution is 7.99. The molecule has 0 amide bonds. The molecule has 0 atom stereocenters. The summed E-state index contributed by atoms with van der Waals surface area (Å²) in [7, 11) is 0. The third-order valence-corrected chi connectivity index (χ3v) is 9.56. The zero-order valence-corrected chi connectivity index (χ0v) is 23.5. The minimum Gasteiger partial charge on any atom is -0.307 e. The van der Waals surface area contributed by atoms with E-state index < -0.39 is 0 Å². The Labute approximate surface area is 247 Å². The highest BCUT2D eigenvalue weighted by Gasteiger charge is 2.29. The van der Waals surface area contributed by atoms with E-state index in [1.54, 1.807) is 0 Å². The van der Waals surface area contributed by atoms with Gasteiger partial charge in [-0.05, 0) is 63.7 Å². The third-order valence-electron chi connectivity index (χ3n) is 8.43. The fraction of sp³-hybridized carbons (Fsp3) is 0. The first kappa shape index (κ1) is 23.6. The van der Waals surface area contributed by atoms with Gasteiger partial charge >= 0.3 is 0 Å². The fourth-order valence-electron chi connectivity index (χ4n) is 6.61. The molecule has 3 heteroatoms. The summed E-state index contributed by atoms with van der Waals surface area (Å²) >= 11 is 1.84. The van der Waals surface area contributed by atoms with Gasteiger partial charge in [-0.1, -0.05) is 115 Å². The average molecular weight is 553 g/mol. The van der Waals surface area contributed by atoms with E-state index >= 15 is 0 Å². The molecule has 9 rings (SSSR count). The van der Waals surface area contributed by atoms with Gasteiger partial charge in [0, 0.05) is 37.5 Å². The number of fused-ring (bicyclic) bond motifs is 7. The van der Waals surface area contributed by atoms with Crippen molar-refractivity contribution in [1.82, 2.24) is 4.98 Å².